The lowest BCUT2D eigenvalue weighted by Crippen LogP contribution is -2.34. The van der Waals surface area contributed by atoms with E-state index in [9.17, 15) is 4.79 Å². The van der Waals surface area contributed by atoms with Crippen molar-refractivity contribution < 1.29 is 9.53 Å². The molecule has 0 atom stereocenters. The molecule has 0 bridgehead atoms. The number of carbonyl (C=O) groups excluding carboxylic acids is 1. The minimum Gasteiger partial charge on any atom is -0.497 e. The monoisotopic (exact) mass is 508 g/mol. The van der Waals surface area contributed by atoms with E-state index >= 15 is 0 Å². The van der Waals surface area contributed by atoms with Crippen LogP contribution >= 0.6 is 11.6 Å². The number of aromatic amines is 1. The number of nitrogens with one attached hydrogen (secondary N) is 1. The minimum atomic E-state index is -0.139. The highest BCUT2D eigenvalue weighted by atomic mass is 35.5. The smallest absolute Gasteiger partial charge is 0.278 e. The lowest BCUT2D eigenvalue weighted by molar-refractivity contribution is -0.122. The van der Waals surface area contributed by atoms with Crippen LogP contribution in [0.5, 0.6) is 5.75 Å². The van der Waals surface area contributed by atoms with Gasteiger partial charge in [0.1, 0.15) is 17.3 Å². The van der Waals surface area contributed by atoms with Crippen LogP contribution in [-0.4, -0.2) is 39.8 Å². The number of aliphatic imine (C=N–C) groups is 1. The molecule has 1 aliphatic heterocycles. The number of para-hydroxylation sites is 1. The summed E-state index contributed by atoms with van der Waals surface area (Å²) < 4.78 is 7.47. The van der Waals surface area contributed by atoms with Crippen LogP contribution < -0.4 is 4.74 Å². The van der Waals surface area contributed by atoms with Crippen molar-refractivity contribution in [3.8, 4) is 5.75 Å². The number of hydrogen-bond acceptors (Lipinski definition) is 3. The lowest BCUT2D eigenvalue weighted by Gasteiger charge is -2.19. The minimum absolute atomic E-state index is 0.139. The average molecular weight is 509 g/mol. The van der Waals surface area contributed by atoms with Crippen molar-refractivity contribution >= 4 is 51.2 Å². The van der Waals surface area contributed by atoms with Crippen LogP contribution in [0.15, 0.2) is 89.8 Å². The third kappa shape index (κ3) is 4.09. The van der Waals surface area contributed by atoms with Crippen molar-refractivity contribution in [2.75, 3.05) is 13.7 Å². The van der Waals surface area contributed by atoms with Gasteiger partial charge in [-0.3, -0.25) is 9.69 Å². The summed E-state index contributed by atoms with van der Waals surface area (Å²) in [6, 6.07) is 21.6. The Bertz CT molecular complexity index is 1730. The highest BCUT2D eigenvalue weighted by Crippen LogP contribution is 2.30. The maximum absolute atomic E-state index is 13.7. The number of benzene rings is 3. The summed E-state index contributed by atoms with van der Waals surface area (Å²) in [6.45, 7) is 0.458. The number of methoxy groups -OCH3 is 1. The van der Waals surface area contributed by atoms with Gasteiger partial charge in [-0.05, 0) is 54.5 Å². The van der Waals surface area contributed by atoms with Crippen LogP contribution in [0, 0.1) is 0 Å². The third-order valence-electron chi connectivity index (χ3n) is 6.86. The number of aryl methyl sites for hydroxylation is 1. The summed E-state index contributed by atoms with van der Waals surface area (Å²) in [5, 5.41) is 2.71. The van der Waals surface area contributed by atoms with Crippen LogP contribution in [0.2, 0.25) is 5.02 Å². The molecule has 1 amide bonds. The van der Waals surface area contributed by atoms with E-state index in [0.29, 0.717) is 29.5 Å². The van der Waals surface area contributed by atoms with Crippen LogP contribution in [0.4, 0.5) is 0 Å². The zero-order valence-corrected chi connectivity index (χ0v) is 21.3. The first-order chi connectivity index (χ1) is 18.0. The number of hydrogen-bond donors (Lipinski definition) is 1. The molecule has 0 saturated carbocycles. The first-order valence-corrected chi connectivity index (χ1v) is 12.5. The fourth-order valence-corrected chi connectivity index (χ4v) is 5.19. The highest BCUT2D eigenvalue weighted by molar-refractivity contribution is 6.35. The molecular formula is C30H25ClN4O2. The number of aromatic nitrogens is 2. The standard InChI is InChI=1S/C30H25ClN4O2/c1-34-18-20(22-7-4-6-10-28(22)34)15-27-30(36)35(29(33-27)23-8-3-5-9-25(23)31)14-13-19-17-32-26-12-11-21(37-2)16-24(19)26/h3-12,15-18,32H,13-14H2,1-2H3. The van der Waals surface area contributed by atoms with Gasteiger partial charge in [-0.15, -0.1) is 0 Å². The molecule has 2 aromatic heterocycles. The molecule has 1 aliphatic rings. The third-order valence-corrected chi connectivity index (χ3v) is 7.19. The van der Waals surface area contributed by atoms with E-state index in [4.69, 9.17) is 21.3 Å². The zero-order chi connectivity index (χ0) is 25.5. The molecule has 0 unspecified atom stereocenters. The van der Waals surface area contributed by atoms with Crippen molar-refractivity contribution in [3.63, 3.8) is 0 Å². The molecule has 6 rings (SSSR count). The SMILES string of the molecule is COc1ccc2[nH]cc(CCN3C(=O)C(=Cc4cn(C)c5ccccc45)N=C3c3ccccc3Cl)c2c1. The van der Waals surface area contributed by atoms with Gasteiger partial charge in [-0.1, -0.05) is 41.9 Å². The van der Waals surface area contributed by atoms with Gasteiger partial charge in [0.2, 0.25) is 0 Å². The topological polar surface area (TPSA) is 62.6 Å². The van der Waals surface area contributed by atoms with Crippen LogP contribution in [0.25, 0.3) is 27.9 Å². The second-order valence-corrected chi connectivity index (χ2v) is 9.50. The van der Waals surface area contributed by atoms with E-state index in [0.717, 1.165) is 44.2 Å². The van der Waals surface area contributed by atoms with Gasteiger partial charge < -0.3 is 14.3 Å². The average Bonchev–Trinajstić information content (AvgIpc) is 3.57. The van der Waals surface area contributed by atoms with Crippen molar-refractivity contribution in [1.29, 1.82) is 0 Å². The molecule has 0 spiro atoms. The number of nitrogens with zero attached hydrogens (tertiary/aromatic N) is 3. The quantitative estimate of drug-likeness (QED) is 0.278. The second kappa shape index (κ2) is 9.30. The van der Waals surface area contributed by atoms with E-state index < -0.39 is 0 Å². The molecule has 0 aliphatic carbocycles. The maximum atomic E-state index is 13.7. The Kier molecular flexibility index (Phi) is 5.81. The van der Waals surface area contributed by atoms with E-state index in [2.05, 4.69) is 21.7 Å². The Hall–Kier alpha value is -4.29. The van der Waals surface area contributed by atoms with E-state index in [1.807, 2.05) is 80.1 Å². The molecule has 0 fully saturated rings. The molecule has 3 aromatic carbocycles. The summed E-state index contributed by atoms with van der Waals surface area (Å²) in [4.78, 5) is 23.6. The summed E-state index contributed by atoms with van der Waals surface area (Å²) in [5.74, 6) is 1.23. The fraction of sp³-hybridized carbons (Fsp3) is 0.133. The predicted octanol–water partition coefficient (Wildman–Crippen LogP) is 6.19. The first kappa shape index (κ1) is 23.1. The second-order valence-electron chi connectivity index (χ2n) is 9.09. The molecule has 5 aromatic rings. The Morgan fingerprint density at radius 1 is 1.05 bits per heavy atom. The molecule has 0 radical (unpaired) electrons. The number of amides is 1. The van der Waals surface area contributed by atoms with E-state index in [1.54, 1.807) is 12.0 Å². The van der Waals surface area contributed by atoms with Crippen LogP contribution in [-0.2, 0) is 18.3 Å². The van der Waals surface area contributed by atoms with E-state index in [1.165, 1.54) is 0 Å². The molecule has 0 saturated heterocycles. The predicted molar refractivity (Wildman–Crippen MR) is 149 cm³/mol. The van der Waals surface area contributed by atoms with Gasteiger partial charge in [0.05, 0.1) is 12.1 Å². The lowest BCUT2D eigenvalue weighted by atomic mass is 10.1. The number of H-pyrrole nitrogens is 1. The summed E-state index contributed by atoms with van der Waals surface area (Å²) >= 11 is 6.56. The zero-order valence-electron chi connectivity index (χ0n) is 20.5. The molecule has 37 heavy (non-hydrogen) atoms. The van der Waals surface area contributed by atoms with Crippen molar-refractivity contribution in [2.45, 2.75) is 6.42 Å². The molecule has 1 N–H and O–H groups in total. The molecule has 3 heterocycles. The van der Waals surface area contributed by atoms with Gasteiger partial charge in [0, 0.05) is 58.9 Å². The maximum Gasteiger partial charge on any atom is 0.278 e. The molecule has 6 nitrogen and oxygen atoms in total. The molecule has 184 valence electrons. The van der Waals surface area contributed by atoms with Crippen molar-refractivity contribution in [1.82, 2.24) is 14.5 Å². The first-order valence-electron chi connectivity index (χ1n) is 12.1. The van der Waals surface area contributed by atoms with Gasteiger partial charge >= 0.3 is 0 Å². The number of fused-ring (bicyclic) bond motifs is 2. The fourth-order valence-electron chi connectivity index (χ4n) is 4.97. The number of amidine groups is 1. The summed E-state index contributed by atoms with van der Waals surface area (Å²) in [7, 11) is 3.66. The van der Waals surface area contributed by atoms with Gasteiger partial charge in [-0.25, -0.2) is 4.99 Å². The normalized spacial score (nSPS) is 14.8. The van der Waals surface area contributed by atoms with E-state index in [-0.39, 0.29) is 5.91 Å². The molecular weight excluding hydrogens is 484 g/mol. The highest BCUT2D eigenvalue weighted by Gasteiger charge is 2.32. The summed E-state index contributed by atoms with van der Waals surface area (Å²) in [6.07, 6.45) is 6.53. The van der Waals surface area contributed by atoms with Gasteiger partial charge in [-0.2, -0.15) is 0 Å². The Labute approximate surface area is 219 Å². The van der Waals surface area contributed by atoms with Crippen LogP contribution in [0.3, 0.4) is 0 Å². The largest absolute Gasteiger partial charge is 0.497 e. The summed E-state index contributed by atoms with van der Waals surface area (Å²) in [5.41, 5.74) is 5.31. The number of carbonyl (C=O) groups is 1. The Balaban J connectivity index is 1.38. The van der Waals surface area contributed by atoms with Gasteiger partial charge in [0.25, 0.3) is 5.91 Å². The number of ether oxygens (including phenoxy) is 1. The molecule has 7 heteroatoms. The van der Waals surface area contributed by atoms with Crippen LogP contribution in [0.1, 0.15) is 16.7 Å². The Morgan fingerprint density at radius 3 is 2.70 bits per heavy atom. The van der Waals surface area contributed by atoms with Crippen molar-refractivity contribution in [3.05, 3.63) is 107 Å². The Morgan fingerprint density at radius 2 is 1.86 bits per heavy atom. The number of rotatable bonds is 6. The van der Waals surface area contributed by atoms with Crippen molar-refractivity contribution in [2.24, 2.45) is 12.0 Å². The number of halogens is 1. The van der Waals surface area contributed by atoms with Gasteiger partial charge in [0.15, 0.2) is 0 Å².